The molecule has 288 valence electrons. The molecule has 62 heavy (non-hydrogen) atoms. The number of aromatic nitrogens is 4. The topological polar surface area (TPSA) is 35.6 Å². The Morgan fingerprint density at radius 3 is 1.87 bits per heavy atom. The van der Waals surface area contributed by atoms with E-state index in [2.05, 4.69) is 77.4 Å². The van der Waals surface area contributed by atoms with Crippen LogP contribution in [0.5, 0.6) is 0 Å². The Balaban J connectivity index is 1.11. The standard InChI is InChI=1S/C58H36N4/c1-3-15-37(16-4-1)40-28-31-54-49(34-40)50-33-38-17-7-8-18-39(38)35-56(50)62(54)53-32-30-47(43-21-9-10-22-44(43)53)58-59-51-25-13-11-24-48(51)57(60-58)41-27-29-46-45-23-12-14-26-52(45)61(55(46)36-41)42-19-5-2-6-20-42/h1-36H/i9D,10D,21D,22D,30D,32D. The third-order valence-corrected chi connectivity index (χ3v) is 12.2. The average Bonchev–Trinajstić information content (AvgIpc) is 3.88. The Bertz CT molecular complexity index is 4280. The van der Waals surface area contributed by atoms with Gasteiger partial charge in [0.1, 0.15) is 0 Å². The van der Waals surface area contributed by atoms with E-state index in [-0.39, 0.29) is 52.0 Å². The molecule has 0 radical (unpaired) electrons. The summed E-state index contributed by atoms with van der Waals surface area (Å²) in [5, 5.41) is 6.95. The number of para-hydroxylation sites is 3. The molecule has 0 saturated carbocycles. The first-order valence-corrected chi connectivity index (χ1v) is 20.7. The third kappa shape index (κ3) is 5.27. The lowest BCUT2D eigenvalue weighted by molar-refractivity contribution is 1.18. The predicted octanol–water partition coefficient (Wildman–Crippen LogP) is 15.1. The highest BCUT2D eigenvalue weighted by Gasteiger charge is 2.20. The summed E-state index contributed by atoms with van der Waals surface area (Å²) in [7, 11) is 0. The lowest BCUT2D eigenvalue weighted by atomic mass is 10.00. The van der Waals surface area contributed by atoms with Gasteiger partial charge in [0, 0.05) is 49.1 Å². The van der Waals surface area contributed by atoms with Crippen LogP contribution in [-0.4, -0.2) is 19.1 Å². The minimum absolute atomic E-state index is 0.0600. The Labute approximate surface area is 365 Å². The monoisotopic (exact) mass is 794 g/mol. The van der Waals surface area contributed by atoms with Crippen LogP contribution in [0.25, 0.3) is 121 Å². The van der Waals surface area contributed by atoms with E-state index in [1.165, 1.54) is 0 Å². The van der Waals surface area contributed by atoms with Crippen LogP contribution < -0.4 is 0 Å². The molecular formula is C58H36N4. The molecule has 0 aliphatic carbocycles. The predicted molar refractivity (Wildman–Crippen MR) is 260 cm³/mol. The maximum absolute atomic E-state index is 10.0. The van der Waals surface area contributed by atoms with E-state index in [4.69, 9.17) is 12.7 Å². The van der Waals surface area contributed by atoms with Gasteiger partial charge in [-0.05, 0) is 94.0 Å². The zero-order chi connectivity index (χ0) is 45.9. The van der Waals surface area contributed by atoms with Gasteiger partial charge in [-0.25, -0.2) is 9.97 Å². The Morgan fingerprint density at radius 2 is 1.02 bits per heavy atom. The van der Waals surface area contributed by atoms with Crippen molar-refractivity contribution in [2.24, 2.45) is 0 Å². The summed E-state index contributed by atoms with van der Waals surface area (Å²) in [5.74, 6) is 0.0863. The molecule has 13 rings (SSSR count). The number of hydrogen-bond acceptors (Lipinski definition) is 2. The van der Waals surface area contributed by atoms with Crippen molar-refractivity contribution in [3.05, 3.63) is 218 Å². The second-order valence-electron chi connectivity index (χ2n) is 15.7. The van der Waals surface area contributed by atoms with Crippen molar-refractivity contribution in [1.82, 2.24) is 19.1 Å². The summed E-state index contributed by atoms with van der Waals surface area (Å²) < 4.78 is 61.4. The van der Waals surface area contributed by atoms with E-state index in [9.17, 15) is 5.48 Å². The van der Waals surface area contributed by atoms with Crippen molar-refractivity contribution < 1.29 is 8.22 Å². The molecule has 4 nitrogen and oxygen atoms in total. The van der Waals surface area contributed by atoms with Crippen molar-refractivity contribution in [3.8, 4) is 45.1 Å². The van der Waals surface area contributed by atoms with Crippen molar-refractivity contribution in [3.63, 3.8) is 0 Å². The lowest BCUT2D eigenvalue weighted by Crippen LogP contribution is -1.99. The number of hydrogen-bond donors (Lipinski definition) is 0. The van der Waals surface area contributed by atoms with Crippen molar-refractivity contribution in [2.45, 2.75) is 0 Å². The molecular weight excluding hydrogens is 753 g/mol. The third-order valence-electron chi connectivity index (χ3n) is 12.2. The average molecular weight is 795 g/mol. The normalized spacial score (nSPS) is 13.2. The molecule has 0 spiro atoms. The summed E-state index contributed by atoms with van der Waals surface area (Å²) in [6.07, 6.45) is 0. The summed E-state index contributed by atoms with van der Waals surface area (Å²) in [6.45, 7) is 0. The van der Waals surface area contributed by atoms with Crippen LogP contribution in [0, 0.1) is 0 Å². The summed E-state index contributed by atoms with van der Waals surface area (Å²) >= 11 is 0. The van der Waals surface area contributed by atoms with Gasteiger partial charge < -0.3 is 9.13 Å². The molecule has 4 heteroatoms. The molecule has 10 aromatic carbocycles. The van der Waals surface area contributed by atoms with E-state index < -0.39 is 12.1 Å². The van der Waals surface area contributed by atoms with Crippen LogP contribution in [0.2, 0.25) is 0 Å². The van der Waals surface area contributed by atoms with Gasteiger partial charge in [-0.2, -0.15) is 0 Å². The van der Waals surface area contributed by atoms with Gasteiger partial charge in [0.05, 0.1) is 47.2 Å². The number of fused-ring (bicyclic) bond motifs is 9. The van der Waals surface area contributed by atoms with Gasteiger partial charge in [-0.1, -0.05) is 152 Å². The van der Waals surface area contributed by atoms with Crippen LogP contribution in [0.3, 0.4) is 0 Å². The molecule has 13 aromatic rings. The van der Waals surface area contributed by atoms with Crippen LogP contribution >= 0.6 is 0 Å². The summed E-state index contributed by atoms with van der Waals surface area (Å²) in [6, 6.07) is 59.1. The highest BCUT2D eigenvalue weighted by atomic mass is 15.0. The van der Waals surface area contributed by atoms with Gasteiger partial charge >= 0.3 is 0 Å². The quantitative estimate of drug-likeness (QED) is 0.174. The van der Waals surface area contributed by atoms with Gasteiger partial charge in [0.2, 0.25) is 0 Å². The van der Waals surface area contributed by atoms with Gasteiger partial charge in [0.25, 0.3) is 0 Å². The molecule has 3 aromatic heterocycles. The van der Waals surface area contributed by atoms with Gasteiger partial charge in [0.15, 0.2) is 5.82 Å². The van der Waals surface area contributed by atoms with Crippen LogP contribution in [0.15, 0.2) is 218 Å². The first kappa shape index (κ1) is 29.0. The SMILES string of the molecule is [2H]c1c([2H])c([2H])c2c(-n3c4ccc(-c5ccccc5)cc4c4cc5ccccc5cc43)c([2H])c([2H])c(-c3nc(-c4ccc5c6ccccc6n(-c6ccccc6)c5c4)c4ccccc4n3)c2c1[2H]. The molecule has 0 fully saturated rings. The van der Waals surface area contributed by atoms with Crippen molar-refractivity contribution in [2.75, 3.05) is 0 Å². The van der Waals surface area contributed by atoms with Gasteiger partial charge in [-0.15, -0.1) is 0 Å². The molecule has 0 unspecified atom stereocenters. The second-order valence-corrected chi connectivity index (χ2v) is 15.7. The van der Waals surface area contributed by atoms with Crippen LogP contribution in [0.1, 0.15) is 8.22 Å². The zero-order valence-electron chi connectivity index (χ0n) is 39.1. The molecule has 0 amide bonds. The maximum atomic E-state index is 10.0. The largest absolute Gasteiger partial charge is 0.309 e. The summed E-state index contributed by atoms with van der Waals surface area (Å²) in [5.41, 5.74) is 8.80. The molecule has 0 atom stereocenters. The number of nitrogens with zero attached hydrogens (tertiary/aromatic N) is 4. The van der Waals surface area contributed by atoms with Crippen LogP contribution in [0.4, 0.5) is 0 Å². The van der Waals surface area contributed by atoms with Crippen LogP contribution in [-0.2, 0) is 0 Å². The first-order chi connectivity index (χ1) is 33.2. The lowest BCUT2D eigenvalue weighted by Gasteiger charge is -2.16. The smallest absolute Gasteiger partial charge is 0.161 e. The maximum Gasteiger partial charge on any atom is 0.161 e. The zero-order valence-corrected chi connectivity index (χ0v) is 33.1. The fourth-order valence-corrected chi connectivity index (χ4v) is 9.40. The highest BCUT2D eigenvalue weighted by molar-refractivity contribution is 6.16. The van der Waals surface area contributed by atoms with Crippen molar-refractivity contribution >= 4 is 76.1 Å². The molecule has 0 saturated heterocycles. The number of rotatable bonds is 5. The van der Waals surface area contributed by atoms with E-state index >= 15 is 0 Å². The Kier molecular flexibility index (Phi) is 6.36. The van der Waals surface area contributed by atoms with Gasteiger partial charge in [-0.3, -0.25) is 0 Å². The Hall–Kier alpha value is -8.34. The molecule has 3 heterocycles. The van der Waals surface area contributed by atoms with E-state index in [1.807, 2.05) is 114 Å². The number of benzene rings is 10. The molecule has 0 aliphatic rings. The summed E-state index contributed by atoms with van der Waals surface area (Å²) in [4.78, 5) is 10.3. The second kappa shape index (κ2) is 13.6. The highest BCUT2D eigenvalue weighted by Crippen LogP contribution is 2.42. The van der Waals surface area contributed by atoms with Crippen molar-refractivity contribution in [1.29, 1.82) is 0 Å². The minimum Gasteiger partial charge on any atom is -0.309 e. The Morgan fingerprint density at radius 1 is 0.371 bits per heavy atom. The minimum atomic E-state index is -0.451. The van der Waals surface area contributed by atoms with E-state index in [1.54, 1.807) is 0 Å². The molecule has 0 bridgehead atoms. The first-order valence-electron chi connectivity index (χ1n) is 23.7. The van der Waals surface area contributed by atoms with E-state index in [0.29, 0.717) is 11.2 Å². The fraction of sp³-hybridized carbons (Fsp3) is 0. The fourth-order valence-electron chi connectivity index (χ4n) is 9.40. The molecule has 0 N–H and O–H groups in total. The van der Waals surface area contributed by atoms with E-state index in [0.717, 1.165) is 82.1 Å². The molecule has 0 aliphatic heterocycles.